The molecule has 1 atom stereocenters. The zero-order valence-electron chi connectivity index (χ0n) is 10.5. The van der Waals surface area contributed by atoms with E-state index in [9.17, 15) is 8.42 Å². The van der Waals surface area contributed by atoms with Gasteiger partial charge in [0, 0.05) is 16.6 Å². The molecule has 0 amide bonds. The van der Waals surface area contributed by atoms with Crippen molar-refractivity contribution in [3.8, 4) is 0 Å². The number of benzene rings is 2. The van der Waals surface area contributed by atoms with Gasteiger partial charge < -0.3 is 5.73 Å². The van der Waals surface area contributed by atoms with Gasteiger partial charge in [0.15, 0.2) is 9.84 Å². The molecule has 0 aromatic heterocycles. The molecule has 0 saturated heterocycles. The van der Waals surface area contributed by atoms with Gasteiger partial charge in [-0.15, -0.1) is 0 Å². The molecule has 0 aliphatic carbocycles. The lowest BCUT2D eigenvalue weighted by molar-refractivity contribution is 0.582. The van der Waals surface area contributed by atoms with Crippen molar-refractivity contribution in [3.63, 3.8) is 0 Å². The third kappa shape index (κ3) is 3.15. The molecule has 0 saturated carbocycles. The molecule has 3 nitrogen and oxygen atoms in total. The summed E-state index contributed by atoms with van der Waals surface area (Å²) in [5, 5.41) is 0.231. The van der Waals surface area contributed by atoms with Crippen LogP contribution in [0, 0.1) is 0 Å². The standard InChI is InChI=1S/C14H13Cl2NO2S/c15-11-3-1-10(2-4-11)14(9-17)20(18,19)13-7-5-12(16)6-8-13/h1-8,14H,9,17H2. The van der Waals surface area contributed by atoms with Crippen LogP contribution in [0.5, 0.6) is 0 Å². The first-order chi connectivity index (χ1) is 9.45. The molecule has 0 fully saturated rings. The SMILES string of the molecule is NCC(c1ccc(Cl)cc1)S(=O)(=O)c1ccc(Cl)cc1. The molecule has 2 aromatic carbocycles. The molecule has 0 radical (unpaired) electrons. The second-order valence-electron chi connectivity index (χ2n) is 4.27. The van der Waals surface area contributed by atoms with E-state index in [1.54, 1.807) is 36.4 Å². The molecular weight excluding hydrogens is 317 g/mol. The lowest BCUT2D eigenvalue weighted by Crippen LogP contribution is -2.22. The van der Waals surface area contributed by atoms with Crippen molar-refractivity contribution in [1.29, 1.82) is 0 Å². The Hall–Kier alpha value is -1.07. The summed E-state index contributed by atoms with van der Waals surface area (Å²) >= 11 is 11.6. The van der Waals surface area contributed by atoms with Crippen LogP contribution in [-0.4, -0.2) is 15.0 Å². The predicted octanol–water partition coefficient (Wildman–Crippen LogP) is 3.47. The number of hydrogen-bond acceptors (Lipinski definition) is 3. The van der Waals surface area contributed by atoms with Crippen LogP contribution in [0.4, 0.5) is 0 Å². The number of rotatable bonds is 4. The first-order valence-corrected chi connectivity index (χ1v) is 8.20. The van der Waals surface area contributed by atoms with E-state index >= 15 is 0 Å². The molecule has 106 valence electrons. The molecule has 0 bridgehead atoms. The molecule has 0 aliphatic rings. The summed E-state index contributed by atoms with van der Waals surface area (Å²) in [4.78, 5) is 0.201. The monoisotopic (exact) mass is 329 g/mol. The molecule has 6 heteroatoms. The first kappa shape index (κ1) is 15.3. The van der Waals surface area contributed by atoms with Crippen LogP contribution in [0.2, 0.25) is 10.0 Å². The van der Waals surface area contributed by atoms with Crippen molar-refractivity contribution in [3.05, 3.63) is 64.1 Å². The summed E-state index contributed by atoms with van der Waals surface area (Å²) < 4.78 is 25.2. The summed E-state index contributed by atoms with van der Waals surface area (Å²) in [7, 11) is -3.56. The lowest BCUT2D eigenvalue weighted by Gasteiger charge is -2.16. The van der Waals surface area contributed by atoms with E-state index in [4.69, 9.17) is 28.9 Å². The van der Waals surface area contributed by atoms with Crippen molar-refractivity contribution in [2.24, 2.45) is 5.73 Å². The minimum atomic E-state index is -3.56. The molecule has 20 heavy (non-hydrogen) atoms. The highest BCUT2D eigenvalue weighted by molar-refractivity contribution is 7.91. The highest BCUT2D eigenvalue weighted by Crippen LogP contribution is 2.29. The van der Waals surface area contributed by atoms with Crippen LogP contribution in [0.25, 0.3) is 0 Å². The van der Waals surface area contributed by atoms with Crippen molar-refractivity contribution in [1.82, 2.24) is 0 Å². The quantitative estimate of drug-likeness (QED) is 0.934. The maximum atomic E-state index is 12.6. The molecule has 1 unspecified atom stereocenters. The molecule has 2 aromatic rings. The van der Waals surface area contributed by atoms with Crippen molar-refractivity contribution in [2.75, 3.05) is 6.54 Å². The summed E-state index contributed by atoms with van der Waals surface area (Å²) in [5.74, 6) is 0. The number of sulfone groups is 1. The Balaban J connectivity index is 2.44. The number of hydrogen-bond donors (Lipinski definition) is 1. The van der Waals surface area contributed by atoms with Crippen molar-refractivity contribution >= 4 is 33.0 Å². The van der Waals surface area contributed by atoms with E-state index in [0.717, 1.165) is 0 Å². The van der Waals surface area contributed by atoms with E-state index in [1.807, 2.05) is 0 Å². The fourth-order valence-corrected chi connectivity index (χ4v) is 3.77. The highest BCUT2D eigenvalue weighted by Gasteiger charge is 2.27. The van der Waals surface area contributed by atoms with E-state index in [-0.39, 0.29) is 11.4 Å². The van der Waals surface area contributed by atoms with E-state index in [2.05, 4.69) is 0 Å². The molecular formula is C14H13Cl2NO2S. The minimum Gasteiger partial charge on any atom is -0.329 e. The zero-order chi connectivity index (χ0) is 14.8. The van der Waals surface area contributed by atoms with Crippen LogP contribution in [0.15, 0.2) is 53.4 Å². The van der Waals surface area contributed by atoms with Crippen LogP contribution in [0.1, 0.15) is 10.8 Å². The van der Waals surface area contributed by atoms with E-state index < -0.39 is 15.1 Å². The zero-order valence-corrected chi connectivity index (χ0v) is 12.8. The van der Waals surface area contributed by atoms with Gasteiger partial charge in [-0.1, -0.05) is 35.3 Å². The van der Waals surface area contributed by atoms with Gasteiger partial charge in [0.2, 0.25) is 0 Å². The topological polar surface area (TPSA) is 60.2 Å². The van der Waals surface area contributed by atoms with Gasteiger partial charge in [-0.3, -0.25) is 0 Å². The van der Waals surface area contributed by atoms with Gasteiger partial charge in [-0.25, -0.2) is 8.42 Å². The largest absolute Gasteiger partial charge is 0.329 e. The minimum absolute atomic E-state index is 0.00735. The summed E-state index contributed by atoms with van der Waals surface area (Å²) in [5.41, 5.74) is 6.28. The molecule has 0 spiro atoms. The van der Waals surface area contributed by atoms with Gasteiger partial charge in [0.25, 0.3) is 0 Å². The Morgan fingerprint density at radius 3 is 1.80 bits per heavy atom. The molecule has 0 heterocycles. The summed E-state index contributed by atoms with van der Waals surface area (Å²) in [6.07, 6.45) is 0. The van der Waals surface area contributed by atoms with Crippen LogP contribution in [0.3, 0.4) is 0 Å². The highest BCUT2D eigenvalue weighted by atomic mass is 35.5. The van der Waals surface area contributed by atoms with Crippen LogP contribution in [-0.2, 0) is 9.84 Å². The van der Waals surface area contributed by atoms with Crippen molar-refractivity contribution < 1.29 is 8.42 Å². The van der Waals surface area contributed by atoms with Gasteiger partial charge >= 0.3 is 0 Å². The lowest BCUT2D eigenvalue weighted by atomic mass is 10.1. The fourth-order valence-electron chi connectivity index (χ4n) is 1.91. The van der Waals surface area contributed by atoms with Crippen LogP contribution < -0.4 is 5.73 Å². The summed E-state index contributed by atoms with van der Waals surface area (Å²) in [6.45, 7) is -0.00735. The van der Waals surface area contributed by atoms with Crippen molar-refractivity contribution in [2.45, 2.75) is 10.1 Å². The first-order valence-electron chi connectivity index (χ1n) is 5.90. The van der Waals surface area contributed by atoms with Gasteiger partial charge in [0.1, 0.15) is 5.25 Å². The average molecular weight is 330 g/mol. The smallest absolute Gasteiger partial charge is 0.186 e. The Kier molecular flexibility index (Phi) is 4.70. The van der Waals surface area contributed by atoms with Gasteiger partial charge in [-0.05, 0) is 42.0 Å². The second-order valence-corrected chi connectivity index (χ2v) is 7.28. The van der Waals surface area contributed by atoms with E-state index in [0.29, 0.717) is 15.6 Å². The Morgan fingerprint density at radius 2 is 1.35 bits per heavy atom. The average Bonchev–Trinajstić information content (AvgIpc) is 2.42. The van der Waals surface area contributed by atoms with Gasteiger partial charge in [0.05, 0.1) is 4.90 Å². The third-order valence-corrected chi connectivity index (χ3v) is 5.62. The molecule has 2 rings (SSSR count). The summed E-state index contributed by atoms with van der Waals surface area (Å²) in [6, 6.07) is 12.7. The third-order valence-electron chi connectivity index (χ3n) is 2.97. The predicted molar refractivity (Wildman–Crippen MR) is 81.9 cm³/mol. The normalized spacial score (nSPS) is 13.2. The Bertz CT molecular complexity index is 682. The number of nitrogens with two attached hydrogens (primary N) is 1. The number of halogens is 2. The van der Waals surface area contributed by atoms with Crippen LogP contribution >= 0.6 is 23.2 Å². The second kappa shape index (κ2) is 6.14. The fraction of sp³-hybridized carbons (Fsp3) is 0.143. The maximum Gasteiger partial charge on any atom is 0.186 e. The maximum absolute atomic E-state index is 12.6. The Morgan fingerprint density at radius 1 is 0.900 bits per heavy atom. The van der Waals surface area contributed by atoms with Gasteiger partial charge in [-0.2, -0.15) is 0 Å². The molecule has 0 aliphatic heterocycles. The molecule has 2 N–H and O–H groups in total. The van der Waals surface area contributed by atoms with E-state index in [1.165, 1.54) is 12.1 Å². The Labute approximate surface area is 128 Å².